The number of nitrogens with zero attached hydrogens (tertiary/aromatic N) is 1. The molecule has 0 saturated carbocycles. The number of methoxy groups -OCH3 is 2. The molecule has 0 aliphatic carbocycles. The minimum atomic E-state index is -0.775. The minimum absolute atomic E-state index is 0.563. The molecule has 0 saturated heterocycles. The van der Waals surface area contributed by atoms with Crippen LogP contribution >= 0.6 is 0 Å². The number of hydrogen-bond donors (Lipinski definition) is 1. The lowest BCUT2D eigenvalue weighted by atomic mass is 10.00. The maximum absolute atomic E-state index is 10.4. The summed E-state index contributed by atoms with van der Waals surface area (Å²) in [5, 5.41) is 19.1. The Kier molecular flexibility index (Phi) is 4.24. The van der Waals surface area contributed by atoms with Gasteiger partial charge in [-0.2, -0.15) is 5.26 Å². The van der Waals surface area contributed by atoms with Crippen LogP contribution in [0, 0.1) is 11.3 Å². The number of benzene rings is 2. The van der Waals surface area contributed by atoms with E-state index in [0.29, 0.717) is 22.6 Å². The van der Waals surface area contributed by atoms with Crippen LogP contribution in [0.3, 0.4) is 0 Å². The van der Waals surface area contributed by atoms with Crippen molar-refractivity contribution in [3.05, 3.63) is 59.2 Å². The molecule has 4 nitrogen and oxygen atoms in total. The molecule has 0 spiro atoms. The van der Waals surface area contributed by atoms with Gasteiger partial charge in [-0.05, 0) is 35.4 Å². The lowest BCUT2D eigenvalue weighted by molar-refractivity contribution is 0.219. The predicted octanol–water partition coefficient (Wildman–Crippen LogP) is 2.66. The van der Waals surface area contributed by atoms with Gasteiger partial charge in [0.05, 0.1) is 25.9 Å². The fourth-order valence-corrected chi connectivity index (χ4v) is 1.96. The Bertz CT molecular complexity index is 629. The third-order valence-corrected chi connectivity index (χ3v) is 3.08. The van der Waals surface area contributed by atoms with E-state index in [9.17, 15) is 5.11 Å². The Morgan fingerprint density at radius 2 is 1.55 bits per heavy atom. The molecular formula is C16H15NO3. The topological polar surface area (TPSA) is 62.5 Å². The van der Waals surface area contributed by atoms with Crippen molar-refractivity contribution in [2.75, 3.05) is 14.2 Å². The van der Waals surface area contributed by atoms with E-state index in [4.69, 9.17) is 14.7 Å². The van der Waals surface area contributed by atoms with Gasteiger partial charge in [0.15, 0.2) is 11.5 Å². The highest BCUT2D eigenvalue weighted by Crippen LogP contribution is 2.32. The molecule has 0 heterocycles. The zero-order valence-corrected chi connectivity index (χ0v) is 11.3. The first-order valence-electron chi connectivity index (χ1n) is 6.09. The smallest absolute Gasteiger partial charge is 0.161 e. The summed E-state index contributed by atoms with van der Waals surface area (Å²) in [5.74, 6) is 1.18. The van der Waals surface area contributed by atoms with E-state index in [1.54, 1.807) is 56.7 Å². The summed E-state index contributed by atoms with van der Waals surface area (Å²) in [6.45, 7) is 0. The normalized spacial score (nSPS) is 11.5. The van der Waals surface area contributed by atoms with E-state index in [2.05, 4.69) is 0 Å². The van der Waals surface area contributed by atoms with Gasteiger partial charge in [0.2, 0.25) is 0 Å². The van der Waals surface area contributed by atoms with Gasteiger partial charge < -0.3 is 14.6 Å². The van der Waals surface area contributed by atoms with Gasteiger partial charge in [-0.1, -0.05) is 18.2 Å². The first-order chi connectivity index (χ1) is 9.69. The average Bonchev–Trinajstić information content (AvgIpc) is 2.53. The third-order valence-electron chi connectivity index (χ3n) is 3.08. The molecule has 1 unspecified atom stereocenters. The van der Waals surface area contributed by atoms with E-state index < -0.39 is 6.10 Å². The van der Waals surface area contributed by atoms with E-state index in [1.807, 2.05) is 6.07 Å². The van der Waals surface area contributed by atoms with Gasteiger partial charge in [0.1, 0.15) is 6.10 Å². The molecule has 1 atom stereocenters. The van der Waals surface area contributed by atoms with Crippen molar-refractivity contribution in [1.29, 1.82) is 5.26 Å². The van der Waals surface area contributed by atoms with E-state index >= 15 is 0 Å². The molecule has 2 aromatic rings. The number of ether oxygens (including phenoxy) is 2. The minimum Gasteiger partial charge on any atom is -0.493 e. The van der Waals surface area contributed by atoms with E-state index in [1.165, 1.54) is 0 Å². The van der Waals surface area contributed by atoms with E-state index in [-0.39, 0.29) is 0 Å². The SMILES string of the molecule is COc1ccc(C(O)c2ccc(C#N)cc2)cc1OC. The van der Waals surface area contributed by atoms with Crippen LogP contribution in [0.1, 0.15) is 22.8 Å². The summed E-state index contributed by atoms with van der Waals surface area (Å²) in [6.07, 6.45) is -0.775. The second-order valence-corrected chi connectivity index (χ2v) is 4.25. The molecule has 0 radical (unpaired) electrons. The predicted molar refractivity (Wildman–Crippen MR) is 74.8 cm³/mol. The third kappa shape index (κ3) is 2.73. The molecule has 0 aliphatic heterocycles. The molecular weight excluding hydrogens is 254 g/mol. The highest BCUT2D eigenvalue weighted by atomic mass is 16.5. The first-order valence-corrected chi connectivity index (χ1v) is 6.09. The van der Waals surface area contributed by atoms with Crippen LogP contribution in [0.15, 0.2) is 42.5 Å². The molecule has 4 heteroatoms. The Balaban J connectivity index is 2.32. The summed E-state index contributed by atoms with van der Waals surface area (Å²) in [4.78, 5) is 0. The first kappa shape index (κ1) is 13.9. The fourth-order valence-electron chi connectivity index (χ4n) is 1.96. The van der Waals surface area contributed by atoms with Gasteiger partial charge in [-0.25, -0.2) is 0 Å². The molecule has 0 aliphatic rings. The van der Waals surface area contributed by atoms with Crippen molar-refractivity contribution in [1.82, 2.24) is 0 Å². The van der Waals surface area contributed by atoms with Gasteiger partial charge in [0.25, 0.3) is 0 Å². The maximum Gasteiger partial charge on any atom is 0.161 e. The highest BCUT2D eigenvalue weighted by Gasteiger charge is 2.13. The Labute approximate surface area is 117 Å². The fraction of sp³-hybridized carbons (Fsp3) is 0.188. The highest BCUT2D eigenvalue weighted by molar-refractivity contribution is 5.45. The van der Waals surface area contributed by atoms with Crippen molar-refractivity contribution >= 4 is 0 Å². The summed E-state index contributed by atoms with van der Waals surface area (Å²) in [5.41, 5.74) is 1.98. The number of nitriles is 1. The van der Waals surface area contributed by atoms with Crippen LogP contribution in [0.2, 0.25) is 0 Å². The van der Waals surface area contributed by atoms with Crippen LogP contribution in [0.5, 0.6) is 11.5 Å². The zero-order valence-electron chi connectivity index (χ0n) is 11.3. The molecule has 2 rings (SSSR count). The second kappa shape index (κ2) is 6.09. The average molecular weight is 269 g/mol. The van der Waals surface area contributed by atoms with E-state index in [0.717, 1.165) is 5.56 Å². The quantitative estimate of drug-likeness (QED) is 0.926. The molecule has 0 fully saturated rings. The number of aliphatic hydroxyl groups is 1. The lowest BCUT2D eigenvalue weighted by Gasteiger charge is -2.14. The van der Waals surface area contributed by atoms with Crippen molar-refractivity contribution in [2.24, 2.45) is 0 Å². The second-order valence-electron chi connectivity index (χ2n) is 4.25. The van der Waals surface area contributed by atoms with Crippen LogP contribution in [0.25, 0.3) is 0 Å². The summed E-state index contributed by atoms with van der Waals surface area (Å²) in [6, 6.07) is 14.2. The number of aliphatic hydroxyl groups excluding tert-OH is 1. The van der Waals surface area contributed by atoms with Crippen molar-refractivity contribution in [2.45, 2.75) is 6.10 Å². The number of rotatable bonds is 4. The molecule has 0 aromatic heterocycles. The monoisotopic (exact) mass is 269 g/mol. The summed E-state index contributed by atoms with van der Waals surface area (Å²) < 4.78 is 10.4. The van der Waals surface area contributed by atoms with Gasteiger partial charge >= 0.3 is 0 Å². The maximum atomic E-state index is 10.4. The number of hydrogen-bond acceptors (Lipinski definition) is 4. The zero-order chi connectivity index (χ0) is 14.5. The van der Waals surface area contributed by atoms with Crippen LogP contribution < -0.4 is 9.47 Å². The Morgan fingerprint density at radius 3 is 2.10 bits per heavy atom. The lowest BCUT2D eigenvalue weighted by Crippen LogP contribution is -2.01. The van der Waals surface area contributed by atoms with Crippen molar-refractivity contribution in [3.8, 4) is 17.6 Å². The molecule has 2 aromatic carbocycles. The molecule has 0 amide bonds. The molecule has 102 valence electrons. The molecule has 20 heavy (non-hydrogen) atoms. The largest absolute Gasteiger partial charge is 0.493 e. The standard InChI is InChI=1S/C16H15NO3/c1-19-14-8-7-13(9-15(14)20-2)16(18)12-5-3-11(10-17)4-6-12/h3-9,16,18H,1-2H3. The summed E-state index contributed by atoms with van der Waals surface area (Å²) in [7, 11) is 3.12. The molecule has 1 N–H and O–H groups in total. The van der Waals surface area contributed by atoms with Gasteiger partial charge in [0, 0.05) is 0 Å². The van der Waals surface area contributed by atoms with Crippen molar-refractivity contribution < 1.29 is 14.6 Å². The van der Waals surface area contributed by atoms with Gasteiger partial charge in [-0.15, -0.1) is 0 Å². The van der Waals surface area contributed by atoms with Crippen molar-refractivity contribution in [3.63, 3.8) is 0 Å². The van der Waals surface area contributed by atoms with Crippen LogP contribution in [0.4, 0.5) is 0 Å². The summed E-state index contributed by atoms with van der Waals surface area (Å²) >= 11 is 0. The van der Waals surface area contributed by atoms with Crippen LogP contribution in [-0.4, -0.2) is 19.3 Å². The van der Waals surface area contributed by atoms with Gasteiger partial charge in [-0.3, -0.25) is 0 Å². The van der Waals surface area contributed by atoms with Crippen LogP contribution in [-0.2, 0) is 0 Å². The molecule has 0 bridgehead atoms. The Morgan fingerprint density at radius 1 is 0.950 bits per heavy atom. The Hall–Kier alpha value is -2.51.